The summed E-state index contributed by atoms with van der Waals surface area (Å²) in [6.07, 6.45) is 1.43. The number of amides is 1. The number of nitrogens with zero attached hydrogens (tertiary/aromatic N) is 3. The number of hydrogen-bond donors (Lipinski definition) is 1. The molecular formula is C24H23ClN4O2. The maximum absolute atomic E-state index is 13.2. The van der Waals surface area contributed by atoms with Gasteiger partial charge >= 0.3 is 0 Å². The quantitative estimate of drug-likeness (QED) is 0.508. The van der Waals surface area contributed by atoms with Crippen LogP contribution in [0.4, 0.5) is 0 Å². The Morgan fingerprint density at radius 2 is 1.77 bits per heavy atom. The fraction of sp³-hybridized carbons (Fsp3) is 0.208. The second kappa shape index (κ2) is 8.40. The van der Waals surface area contributed by atoms with Crippen LogP contribution >= 0.6 is 11.6 Å². The van der Waals surface area contributed by atoms with Gasteiger partial charge in [0.1, 0.15) is 12.9 Å². The van der Waals surface area contributed by atoms with Crippen LogP contribution in [0.3, 0.4) is 0 Å². The van der Waals surface area contributed by atoms with Crippen molar-refractivity contribution in [1.29, 1.82) is 0 Å². The Kier molecular flexibility index (Phi) is 5.65. The third-order valence-electron chi connectivity index (χ3n) is 5.56. The molecule has 0 fully saturated rings. The van der Waals surface area contributed by atoms with E-state index in [9.17, 15) is 9.59 Å². The van der Waals surface area contributed by atoms with Crippen molar-refractivity contribution in [2.75, 3.05) is 0 Å². The number of hydrogen-bond acceptors (Lipinski definition) is 3. The molecule has 2 aromatic carbocycles. The molecule has 0 bridgehead atoms. The smallest absolute Gasteiger partial charge is 0.263 e. The van der Waals surface area contributed by atoms with Crippen LogP contribution < -0.4 is 10.9 Å². The summed E-state index contributed by atoms with van der Waals surface area (Å²) in [4.78, 5) is 30.3. The van der Waals surface area contributed by atoms with Gasteiger partial charge in [-0.1, -0.05) is 41.9 Å². The fourth-order valence-corrected chi connectivity index (χ4v) is 3.90. The van der Waals surface area contributed by atoms with Gasteiger partial charge < -0.3 is 5.32 Å². The molecule has 0 radical (unpaired) electrons. The van der Waals surface area contributed by atoms with E-state index in [1.54, 1.807) is 12.1 Å². The standard InChI is InChI=1S/C24H23ClN4O2/c1-15-17(3)29(20-11-9-19(25)10-12-20)23-22(15)24(31)28(14-26-23)13-21(30)27-16(2)18-7-5-4-6-8-18/h4-12,14,16H,13H2,1-3H3,(H,27,30)/t16-/m1/s1. The van der Waals surface area contributed by atoms with Crippen LogP contribution in [0.2, 0.25) is 5.02 Å². The van der Waals surface area contributed by atoms with E-state index in [0.717, 1.165) is 22.5 Å². The Morgan fingerprint density at radius 3 is 2.45 bits per heavy atom. The highest BCUT2D eigenvalue weighted by Gasteiger charge is 2.19. The minimum atomic E-state index is -0.244. The summed E-state index contributed by atoms with van der Waals surface area (Å²) in [7, 11) is 0. The zero-order valence-electron chi connectivity index (χ0n) is 17.6. The highest BCUT2D eigenvalue weighted by atomic mass is 35.5. The van der Waals surface area contributed by atoms with Crippen LogP contribution in [0, 0.1) is 13.8 Å². The number of benzene rings is 2. The third-order valence-corrected chi connectivity index (χ3v) is 5.81. The monoisotopic (exact) mass is 434 g/mol. The summed E-state index contributed by atoms with van der Waals surface area (Å²) < 4.78 is 3.29. The second-order valence-corrected chi connectivity index (χ2v) is 8.03. The Bertz CT molecular complexity index is 1310. The van der Waals surface area contributed by atoms with Gasteiger partial charge in [0.15, 0.2) is 5.65 Å². The fourth-order valence-electron chi connectivity index (χ4n) is 3.77. The van der Waals surface area contributed by atoms with E-state index in [0.29, 0.717) is 16.1 Å². The van der Waals surface area contributed by atoms with E-state index < -0.39 is 0 Å². The molecule has 158 valence electrons. The lowest BCUT2D eigenvalue weighted by Gasteiger charge is -2.15. The van der Waals surface area contributed by atoms with Crippen LogP contribution in [0.15, 0.2) is 65.7 Å². The van der Waals surface area contributed by atoms with Crippen molar-refractivity contribution in [1.82, 2.24) is 19.4 Å². The lowest BCUT2D eigenvalue weighted by molar-refractivity contribution is -0.122. The molecule has 7 heteroatoms. The molecule has 1 amide bonds. The lowest BCUT2D eigenvalue weighted by Crippen LogP contribution is -2.34. The van der Waals surface area contributed by atoms with Crippen molar-refractivity contribution in [2.45, 2.75) is 33.4 Å². The molecule has 1 atom stereocenters. The first-order chi connectivity index (χ1) is 14.9. The highest BCUT2D eigenvalue weighted by molar-refractivity contribution is 6.30. The zero-order chi connectivity index (χ0) is 22.1. The second-order valence-electron chi connectivity index (χ2n) is 7.60. The number of rotatable bonds is 5. The van der Waals surface area contributed by atoms with E-state index in [4.69, 9.17) is 11.6 Å². The van der Waals surface area contributed by atoms with Crippen molar-refractivity contribution >= 4 is 28.5 Å². The molecule has 1 N–H and O–H groups in total. The number of nitrogens with one attached hydrogen (secondary N) is 1. The van der Waals surface area contributed by atoms with Crippen molar-refractivity contribution in [3.8, 4) is 5.69 Å². The molecule has 4 aromatic rings. The first-order valence-electron chi connectivity index (χ1n) is 10.0. The van der Waals surface area contributed by atoms with Crippen molar-refractivity contribution in [2.24, 2.45) is 0 Å². The Morgan fingerprint density at radius 1 is 1.10 bits per heavy atom. The summed E-state index contributed by atoms with van der Waals surface area (Å²) in [5.74, 6) is -0.244. The normalized spacial score (nSPS) is 12.1. The Hall–Kier alpha value is -3.38. The molecule has 2 heterocycles. The number of halogens is 1. The number of carbonyl (C=O) groups excluding carboxylic acids is 1. The molecule has 0 aliphatic rings. The molecule has 0 spiro atoms. The van der Waals surface area contributed by atoms with Crippen LogP contribution in [-0.2, 0) is 11.3 Å². The van der Waals surface area contributed by atoms with E-state index in [1.165, 1.54) is 10.9 Å². The largest absolute Gasteiger partial charge is 0.348 e. The van der Waals surface area contributed by atoms with Crippen LogP contribution in [0.1, 0.15) is 29.8 Å². The first kappa shape index (κ1) is 20.9. The minimum absolute atomic E-state index is 0.0937. The molecule has 0 aliphatic heterocycles. The zero-order valence-corrected chi connectivity index (χ0v) is 18.3. The van der Waals surface area contributed by atoms with E-state index >= 15 is 0 Å². The predicted octanol–water partition coefficient (Wildman–Crippen LogP) is 4.33. The summed E-state index contributed by atoms with van der Waals surface area (Å²) in [5, 5.41) is 4.09. The van der Waals surface area contributed by atoms with Gasteiger partial charge in [-0.2, -0.15) is 0 Å². The molecule has 6 nitrogen and oxygen atoms in total. The maximum Gasteiger partial charge on any atom is 0.263 e. The number of aryl methyl sites for hydroxylation is 1. The first-order valence-corrected chi connectivity index (χ1v) is 10.4. The van der Waals surface area contributed by atoms with Crippen LogP contribution in [0.5, 0.6) is 0 Å². The van der Waals surface area contributed by atoms with Gasteiger partial charge in [-0.3, -0.25) is 18.7 Å². The molecule has 4 rings (SSSR count). The van der Waals surface area contributed by atoms with E-state index in [2.05, 4.69) is 10.3 Å². The average molecular weight is 435 g/mol. The van der Waals surface area contributed by atoms with Crippen LogP contribution in [-0.4, -0.2) is 20.0 Å². The van der Waals surface area contributed by atoms with Gasteiger partial charge in [0, 0.05) is 16.4 Å². The number of carbonyl (C=O) groups is 1. The molecular weight excluding hydrogens is 412 g/mol. The SMILES string of the molecule is Cc1c(C)n(-c2ccc(Cl)cc2)c2ncn(CC(=O)N[C@H](C)c3ccccc3)c(=O)c12. The van der Waals surface area contributed by atoms with Gasteiger partial charge in [0.05, 0.1) is 11.4 Å². The molecule has 31 heavy (non-hydrogen) atoms. The molecule has 0 saturated heterocycles. The molecule has 0 aliphatic carbocycles. The summed E-state index contributed by atoms with van der Waals surface area (Å²) in [6.45, 7) is 5.67. The summed E-state index contributed by atoms with van der Waals surface area (Å²) in [6, 6.07) is 16.9. The molecule has 0 saturated carbocycles. The van der Waals surface area contributed by atoms with E-state index in [1.807, 2.05) is 67.8 Å². The maximum atomic E-state index is 13.2. The van der Waals surface area contributed by atoms with Crippen molar-refractivity contribution in [3.63, 3.8) is 0 Å². The summed E-state index contributed by atoms with van der Waals surface area (Å²) >= 11 is 6.02. The lowest BCUT2D eigenvalue weighted by atomic mass is 10.1. The molecule has 2 aromatic heterocycles. The predicted molar refractivity (Wildman–Crippen MR) is 123 cm³/mol. The Labute approximate surface area is 185 Å². The topological polar surface area (TPSA) is 68.9 Å². The highest BCUT2D eigenvalue weighted by Crippen LogP contribution is 2.25. The van der Waals surface area contributed by atoms with E-state index in [-0.39, 0.29) is 24.1 Å². The molecule has 0 unspecified atom stereocenters. The van der Waals surface area contributed by atoms with Crippen molar-refractivity contribution < 1.29 is 4.79 Å². The van der Waals surface area contributed by atoms with Gasteiger partial charge in [0.2, 0.25) is 5.91 Å². The van der Waals surface area contributed by atoms with Gasteiger partial charge in [0.25, 0.3) is 5.56 Å². The third kappa shape index (κ3) is 3.99. The van der Waals surface area contributed by atoms with Gasteiger partial charge in [-0.15, -0.1) is 0 Å². The Balaban J connectivity index is 1.65. The average Bonchev–Trinajstić information content (AvgIpc) is 3.02. The van der Waals surface area contributed by atoms with Crippen molar-refractivity contribution in [3.05, 3.63) is 93.1 Å². The van der Waals surface area contributed by atoms with Crippen LogP contribution in [0.25, 0.3) is 16.7 Å². The minimum Gasteiger partial charge on any atom is -0.348 e. The van der Waals surface area contributed by atoms with Gasteiger partial charge in [-0.05, 0) is 56.2 Å². The van der Waals surface area contributed by atoms with Gasteiger partial charge in [-0.25, -0.2) is 4.98 Å². The number of fused-ring (bicyclic) bond motifs is 1. The summed E-state index contributed by atoms with van der Waals surface area (Å²) in [5.41, 5.74) is 3.97. The number of aromatic nitrogens is 3.